The summed E-state index contributed by atoms with van der Waals surface area (Å²) in [6.07, 6.45) is 2.93. The van der Waals surface area contributed by atoms with E-state index in [9.17, 15) is 4.79 Å². The summed E-state index contributed by atoms with van der Waals surface area (Å²) >= 11 is 3.38. The van der Waals surface area contributed by atoms with Crippen molar-refractivity contribution < 1.29 is 9.53 Å². The highest BCUT2D eigenvalue weighted by Gasteiger charge is 2.04. The molecular weight excluding hydrogens is 312 g/mol. The van der Waals surface area contributed by atoms with Gasteiger partial charge in [0.25, 0.3) is 0 Å². The summed E-state index contributed by atoms with van der Waals surface area (Å²) in [5.74, 6) is 0.387. The van der Waals surface area contributed by atoms with Crippen molar-refractivity contribution in [1.82, 2.24) is 14.6 Å². The lowest BCUT2D eigenvalue weighted by Gasteiger charge is -2.02. The molecule has 0 saturated heterocycles. The van der Waals surface area contributed by atoms with Gasteiger partial charge in [0.2, 0.25) is 5.95 Å². The fourth-order valence-electron chi connectivity index (χ4n) is 1.60. The number of ether oxygens (including phenoxy) is 1. The molecule has 0 aliphatic carbocycles. The van der Waals surface area contributed by atoms with Crippen LogP contribution in [0.4, 0.5) is 5.95 Å². The van der Waals surface area contributed by atoms with Gasteiger partial charge >= 0.3 is 5.97 Å². The maximum absolute atomic E-state index is 11.1. The van der Waals surface area contributed by atoms with Gasteiger partial charge in [0, 0.05) is 23.6 Å². The first-order chi connectivity index (χ1) is 9.19. The molecule has 0 aliphatic rings. The zero-order valence-corrected chi connectivity index (χ0v) is 12.2. The third-order valence-corrected chi connectivity index (χ3v) is 2.91. The van der Waals surface area contributed by atoms with Gasteiger partial charge in [-0.15, -0.1) is 5.10 Å². The van der Waals surface area contributed by atoms with Crippen molar-refractivity contribution in [3.8, 4) is 0 Å². The first-order valence-electron chi connectivity index (χ1n) is 6.10. The zero-order valence-electron chi connectivity index (χ0n) is 10.6. The second kappa shape index (κ2) is 6.51. The van der Waals surface area contributed by atoms with Crippen LogP contribution < -0.4 is 5.32 Å². The number of pyridine rings is 1. The van der Waals surface area contributed by atoms with Gasteiger partial charge in [-0.3, -0.25) is 4.79 Å². The fraction of sp³-hybridized carbons (Fsp3) is 0.417. The van der Waals surface area contributed by atoms with E-state index in [0.29, 0.717) is 31.9 Å². The van der Waals surface area contributed by atoms with Crippen LogP contribution in [0.2, 0.25) is 0 Å². The Hall–Kier alpha value is -1.63. The van der Waals surface area contributed by atoms with Crippen LogP contribution in [-0.4, -0.2) is 33.7 Å². The number of carbonyl (C=O) groups excluding carboxylic acids is 1. The van der Waals surface area contributed by atoms with Crippen LogP contribution in [0.3, 0.4) is 0 Å². The van der Waals surface area contributed by atoms with E-state index in [1.165, 1.54) is 0 Å². The molecule has 6 nitrogen and oxygen atoms in total. The minimum Gasteiger partial charge on any atom is -0.466 e. The van der Waals surface area contributed by atoms with E-state index in [4.69, 9.17) is 4.74 Å². The highest BCUT2D eigenvalue weighted by molar-refractivity contribution is 9.10. The Bertz CT molecular complexity index is 570. The lowest BCUT2D eigenvalue weighted by Crippen LogP contribution is -2.08. The highest BCUT2D eigenvalue weighted by atomic mass is 79.9. The molecular formula is C12H15BrN4O2. The van der Waals surface area contributed by atoms with Crippen molar-refractivity contribution in [1.29, 1.82) is 0 Å². The summed E-state index contributed by atoms with van der Waals surface area (Å²) in [6.45, 7) is 2.86. The van der Waals surface area contributed by atoms with Gasteiger partial charge in [0.15, 0.2) is 5.65 Å². The molecule has 0 amide bonds. The van der Waals surface area contributed by atoms with Crippen molar-refractivity contribution in [2.24, 2.45) is 0 Å². The van der Waals surface area contributed by atoms with Crippen molar-refractivity contribution in [2.45, 2.75) is 19.8 Å². The van der Waals surface area contributed by atoms with E-state index < -0.39 is 0 Å². The molecule has 2 aromatic heterocycles. The minimum atomic E-state index is -0.170. The van der Waals surface area contributed by atoms with Crippen LogP contribution in [-0.2, 0) is 9.53 Å². The second-order valence-electron chi connectivity index (χ2n) is 3.92. The van der Waals surface area contributed by atoms with Crippen LogP contribution in [0.1, 0.15) is 19.8 Å². The number of aromatic nitrogens is 3. The zero-order chi connectivity index (χ0) is 13.7. The Morgan fingerprint density at radius 3 is 3.16 bits per heavy atom. The van der Waals surface area contributed by atoms with Crippen LogP contribution in [0.15, 0.2) is 22.8 Å². The SMILES string of the molecule is CCOC(=O)CCCNc1nc2ccc(Br)cn2n1. The van der Waals surface area contributed by atoms with Crippen molar-refractivity contribution in [3.63, 3.8) is 0 Å². The van der Waals surface area contributed by atoms with E-state index in [1.54, 1.807) is 11.4 Å². The lowest BCUT2D eigenvalue weighted by molar-refractivity contribution is -0.143. The van der Waals surface area contributed by atoms with Crippen molar-refractivity contribution in [3.05, 3.63) is 22.8 Å². The lowest BCUT2D eigenvalue weighted by atomic mass is 10.3. The average molecular weight is 327 g/mol. The van der Waals surface area contributed by atoms with Gasteiger partial charge in [-0.1, -0.05) is 0 Å². The highest BCUT2D eigenvalue weighted by Crippen LogP contribution is 2.12. The molecule has 19 heavy (non-hydrogen) atoms. The average Bonchev–Trinajstić information content (AvgIpc) is 2.77. The first kappa shape index (κ1) is 13.8. The van der Waals surface area contributed by atoms with E-state index >= 15 is 0 Å². The molecule has 1 N–H and O–H groups in total. The number of rotatable bonds is 6. The maximum Gasteiger partial charge on any atom is 0.305 e. The number of halogens is 1. The molecule has 0 radical (unpaired) electrons. The van der Waals surface area contributed by atoms with Gasteiger partial charge in [-0.25, -0.2) is 4.52 Å². The first-order valence-corrected chi connectivity index (χ1v) is 6.90. The molecule has 2 rings (SSSR count). The Balaban J connectivity index is 1.83. The molecule has 0 saturated carbocycles. The molecule has 0 bridgehead atoms. The van der Waals surface area contributed by atoms with Gasteiger partial charge < -0.3 is 10.1 Å². The smallest absolute Gasteiger partial charge is 0.305 e. The summed E-state index contributed by atoms with van der Waals surface area (Å²) < 4.78 is 7.48. The van der Waals surface area contributed by atoms with Gasteiger partial charge in [-0.2, -0.15) is 4.98 Å². The number of nitrogens with zero attached hydrogens (tertiary/aromatic N) is 3. The number of nitrogens with one attached hydrogen (secondary N) is 1. The Kier molecular flexibility index (Phi) is 4.73. The third-order valence-electron chi connectivity index (χ3n) is 2.44. The summed E-state index contributed by atoms with van der Waals surface area (Å²) in [5, 5.41) is 7.36. The Morgan fingerprint density at radius 2 is 2.37 bits per heavy atom. The molecule has 2 aromatic rings. The molecule has 0 atom stereocenters. The third kappa shape index (κ3) is 3.92. The molecule has 0 unspecified atom stereocenters. The summed E-state index contributed by atoms with van der Waals surface area (Å²) in [7, 11) is 0. The predicted molar refractivity (Wildman–Crippen MR) is 75.0 cm³/mol. The number of carbonyl (C=O) groups is 1. The standard InChI is InChI=1S/C12H15BrN4O2/c1-2-19-11(18)4-3-7-14-12-15-10-6-5-9(13)8-17(10)16-12/h5-6,8H,2-4,7H2,1H3,(H,14,16). The quantitative estimate of drug-likeness (QED) is 0.651. The molecule has 0 aliphatic heterocycles. The topological polar surface area (TPSA) is 68.5 Å². The van der Waals surface area contributed by atoms with Crippen LogP contribution in [0, 0.1) is 0 Å². The molecule has 7 heteroatoms. The monoisotopic (exact) mass is 326 g/mol. The maximum atomic E-state index is 11.1. The van der Waals surface area contributed by atoms with E-state index in [1.807, 2.05) is 18.3 Å². The Labute approximate surface area is 119 Å². The number of fused-ring (bicyclic) bond motifs is 1. The molecule has 0 spiro atoms. The summed E-state index contributed by atoms with van der Waals surface area (Å²) in [6, 6.07) is 3.79. The predicted octanol–water partition coefficient (Wildman–Crippen LogP) is 2.25. The Morgan fingerprint density at radius 1 is 1.53 bits per heavy atom. The minimum absolute atomic E-state index is 0.170. The van der Waals surface area contributed by atoms with Crippen LogP contribution >= 0.6 is 15.9 Å². The van der Waals surface area contributed by atoms with Gasteiger partial charge in [0.05, 0.1) is 6.61 Å². The number of esters is 1. The number of hydrogen-bond donors (Lipinski definition) is 1. The number of hydrogen-bond acceptors (Lipinski definition) is 5. The molecule has 2 heterocycles. The van der Waals surface area contributed by atoms with Crippen molar-refractivity contribution in [2.75, 3.05) is 18.5 Å². The van der Waals surface area contributed by atoms with E-state index in [0.717, 1.165) is 10.1 Å². The second-order valence-corrected chi connectivity index (χ2v) is 4.84. The normalized spacial score (nSPS) is 10.6. The summed E-state index contributed by atoms with van der Waals surface area (Å²) in [5.41, 5.74) is 0.774. The number of anilines is 1. The van der Waals surface area contributed by atoms with E-state index in [2.05, 4.69) is 31.3 Å². The molecule has 102 valence electrons. The molecule has 0 fully saturated rings. The van der Waals surface area contributed by atoms with Crippen molar-refractivity contribution >= 4 is 33.5 Å². The largest absolute Gasteiger partial charge is 0.466 e. The fourth-order valence-corrected chi connectivity index (χ4v) is 1.93. The van der Waals surface area contributed by atoms with Crippen LogP contribution in [0.25, 0.3) is 5.65 Å². The van der Waals surface area contributed by atoms with E-state index in [-0.39, 0.29) is 5.97 Å². The molecule has 0 aromatic carbocycles. The van der Waals surface area contributed by atoms with Gasteiger partial charge in [-0.05, 0) is 41.4 Å². The van der Waals surface area contributed by atoms with Gasteiger partial charge in [0.1, 0.15) is 0 Å². The van der Waals surface area contributed by atoms with Crippen LogP contribution in [0.5, 0.6) is 0 Å². The summed E-state index contributed by atoms with van der Waals surface area (Å²) in [4.78, 5) is 15.5.